The van der Waals surface area contributed by atoms with E-state index in [0.29, 0.717) is 11.5 Å². The van der Waals surface area contributed by atoms with Crippen molar-refractivity contribution < 1.29 is 14.6 Å². The summed E-state index contributed by atoms with van der Waals surface area (Å²) in [5.41, 5.74) is 0.229. The lowest BCUT2D eigenvalue weighted by atomic mass is 9.79. The van der Waals surface area contributed by atoms with E-state index >= 15 is 0 Å². The molecule has 1 heterocycles. The molecule has 1 aliphatic rings. The molecular weight excluding hydrogens is 208 g/mol. The molecule has 1 N–H and O–H groups in total. The van der Waals surface area contributed by atoms with Crippen molar-refractivity contribution in [2.24, 2.45) is 0 Å². The highest BCUT2D eigenvalue weighted by atomic mass is 16.5. The molecule has 86 valence electrons. The van der Waals surface area contributed by atoms with Gasteiger partial charge >= 0.3 is 5.97 Å². The van der Waals surface area contributed by atoms with Gasteiger partial charge in [-0.2, -0.15) is 0 Å². The first-order valence-electron chi connectivity index (χ1n) is 5.22. The highest BCUT2D eigenvalue weighted by molar-refractivity contribution is 5.85. The number of aryl methyl sites for hydroxylation is 1. The van der Waals surface area contributed by atoms with Crippen LogP contribution >= 0.6 is 0 Å². The van der Waals surface area contributed by atoms with Crippen LogP contribution in [0.5, 0.6) is 0 Å². The fourth-order valence-corrected chi connectivity index (χ4v) is 1.90. The van der Waals surface area contributed by atoms with Gasteiger partial charge in [0.25, 0.3) is 0 Å². The molecule has 1 fully saturated rings. The normalized spacial score (nSPS) is 17.9. The first-order valence-corrected chi connectivity index (χ1v) is 5.22. The Hall–Kier alpha value is -1.49. The lowest BCUT2D eigenvalue weighted by Gasteiger charge is -2.38. The van der Waals surface area contributed by atoms with Gasteiger partial charge in [0, 0.05) is 12.8 Å². The highest BCUT2D eigenvalue weighted by Crippen LogP contribution is 2.42. The van der Waals surface area contributed by atoms with E-state index in [2.05, 4.69) is 9.97 Å². The molecule has 0 atom stereocenters. The van der Waals surface area contributed by atoms with Crippen molar-refractivity contribution >= 4 is 5.97 Å². The van der Waals surface area contributed by atoms with Crippen LogP contribution in [-0.2, 0) is 10.3 Å². The Morgan fingerprint density at radius 1 is 1.50 bits per heavy atom. The van der Waals surface area contributed by atoms with Crippen molar-refractivity contribution in [2.75, 3.05) is 7.11 Å². The lowest BCUT2D eigenvalue weighted by Crippen LogP contribution is -2.38. The largest absolute Gasteiger partial charge is 0.477 e. The van der Waals surface area contributed by atoms with Crippen molar-refractivity contribution in [2.45, 2.75) is 31.8 Å². The van der Waals surface area contributed by atoms with Crippen LogP contribution in [0.4, 0.5) is 0 Å². The van der Waals surface area contributed by atoms with Crippen LogP contribution in [0.2, 0.25) is 0 Å². The zero-order valence-electron chi connectivity index (χ0n) is 9.36. The number of aromatic carboxylic acids is 1. The number of carbonyl (C=O) groups is 1. The monoisotopic (exact) mass is 222 g/mol. The third-order valence-corrected chi connectivity index (χ3v) is 3.03. The summed E-state index contributed by atoms with van der Waals surface area (Å²) < 4.78 is 5.43. The molecule has 0 radical (unpaired) electrons. The number of carboxylic acid groups (broad SMARTS) is 1. The van der Waals surface area contributed by atoms with E-state index < -0.39 is 11.6 Å². The first kappa shape index (κ1) is 11.0. The number of carboxylic acids is 1. The number of aromatic nitrogens is 2. The summed E-state index contributed by atoms with van der Waals surface area (Å²) in [5.74, 6) is -0.532. The van der Waals surface area contributed by atoms with Gasteiger partial charge in [0.15, 0.2) is 11.5 Å². The maximum atomic E-state index is 10.9. The highest BCUT2D eigenvalue weighted by Gasteiger charge is 2.42. The predicted molar refractivity (Wildman–Crippen MR) is 56.3 cm³/mol. The molecule has 0 aliphatic heterocycles. The summed E-state index contributed by atoms with van der Waals surface area (Å²) in [6.45, 7) is 1.76. The summed E-state index contributed by atoms with van der Waals surface area (Å²) in [6, 6.07) is 1.47. The van der Waals surface area contributed by atoms with E-state index in [-0.39, 0.29) is 5.69 Å². The van der Waals surface area contributed by atoms with E-state index in [9.17, 15) is 4.79 Å². The molecule has 2 rings (SSSR count). The molecule has 1 aliphatic carbocycles. The molecule has 0 bridgehead atoms. The molecule has 1 aromatic rings. The molecule has 1 aromatic heterocycles. The zero-order valence-corrected chi connectivity index (χ0v) is 9.36. The molecule has 0 spiro atoms. The number of hydrogen-bond acceptors (Lipinski definition) is 4. The van der Waals surface area contributed by atoms with E-state index in [1.54, 1.807) is 14.0 Å². The van der Waals surface area contributed by atoms with Crippen LogP contribution in [0, 0.1) is 6.92 Å². The van der Waals surface area contributed by atoms with E-state index in [1.807, 2.05) is 0 Å². The molecule has 1 saturated carbocycles. The maximum absolute atomic E-state index is 10.9. The molecule has 0 unspecified atom stereocenters. The van der Waals surface area contributed by atoms with Crippen molar-refractivity contribution in [1.82, 2.24) is 9.97 Å². The van der Waals surface area contributed by atoms with Gasteiger partial charge in [-0.3, -0.25) is 0 Å². The first-order chi connectivity index (χ1) is 7.57. The Kier molecular flexibility index (Phi) is 2.63. The summed E-state index contributed by atoms with van der Waals surface area (Å²) in [4.78, 5) is 19.2. The summed E-state index contributed by atoms with van der Waals surface area (Å²) >= 11 is 0. The van der Waals surface area contributed by atoms with Gasteiger partial charge in [-0.05, 0) is 32.3 Å². The van der Waals surface area contributed by atoms with Gasteiger partial charge < -0.3 is 9.84 Å². The molecular formula is C11H14N2O3. The van der Waals surface area contributed by atoms with Gasteiger partial charge in [-0.1, -0.05) is 0 Å². The van der Waals surface area contributed by atoms with Gasteiger partial charge in [-0.15, -0.1) is 0 Å². The van der Waals surface area contributed by atoms with Crippen LogP contribution in [-0.4, -0.2) is 28.2 Å². The van der Waals surface area contributed by atoms with Crippen molar-refractivity contribution in [3.63, 3.8) is 0 Å². The SMILES string of the molecule is COC1(c2nc(C)cc(C(=O)O)n2)CCC1. The predicted octanol–water partition coefficient (Wildman–Crippen LogP) is 1.51. The van der Waals surface area contributed by atoms with Gasteiger partial charge in [0.2, 0.25) is 0 Å². The molecule has 5 heteroatoms. The van der Waals surface area contributed by atoms with Gasteiger partial charge in [0.1, 0.15) is 5.60 Å². The quantitative estimate of drug-likeness (QED) is 0.839. The minimum Gasteiger partial charge on any atom is -0.477 e. The van der Waals surface area contributed by atoms with Crippen LogP contribution in [0.3, 0.4) is 0 Å². The van der Waals surface area contributed by atoms with Crippen LogP contribution in [0.1, 0.15) is 41.3 Å². The average molecular weight is 222 g/mol. The molecule has 16 heavy (non-hydrogen) atoms. The fraction of sp³-hybridized carbons (Fsp3) is 0.545. The fourth-order valence-electron chi connectivity index (χ4n) is 1.90. The molecule has 5 nitrogen and oxygen atoms in total. The van der Waals surface area contributed by atoms with E-state index in [4.69, 9.17) is 9.84 Å². The number of methoxy groups -OCH3 is 1. The van der Waals surface area contributed by atoms with Crippen molar-refractivity contribution in [3.05, 3.63) is 23.3 Å². The second-order valence-electron chi connectivity index (χ2n) is 4.08. The number of nitrogens with zero attached hydrogens (tertiary/aromatic N) is 2. The van der Waals surface area contributed by atoms with Crippen LogP contribution < -0.4 is 0 Å². The van der Waals surface area contributed by atoms with Crippen molar-refractivity contribution in [1.29, 1.82) is 0 Å². The smallest absolute Gasteiger partial charge is 0.354 e. The third-order valence-electron chi connectivity index (χ3n) is 3.03. The standard InChI is InChI=1S/C11H14N2O3/c1-7-6-8(9(14)15)13-10(12-7)11(16-2)4-3-5-11/h6H,3-5H2,1-2H3,(H,14,15). The van der Waals surface area contributed by atoms with Gasteiger partial charge in [0.05, 0.1) is 0 Å². The number of rotatable bonds is 3. The topological polar surface area (TPSA) is 72.3 Å². The third kappa shape index (κ3) is 1.67. The molecule has 0 amide bonds. The Morgan fingerprint density at radius 2 is 2.19 bits per heavy atom. The average Bonchev–Trinajstić information content (AvgIpc) is 2.16. The Labute approximate surface area is 93.5 Å². The summed E-state index contributed by atoms with van der Waals surface area (Å²) in [7, 11) is 1.62. The second kappa shape index (κ2) is 3.83. The van der Waals surface area contributed by atoms with Crippen LogP contribution in [0.25, 0.3) is 0 Å². The van der Waals surface area contributed by atoms with Gasteiger partial charge in [-0.25, -0.2) is 14.8 Å². The number of ether oxygens (including phenoxy) is 1. The Balaban J connectivity index is 2.44. The van der Waals surface area contributed by atoms with E-state index in [1.165, 1.54) is 6.07 Å². The Bertz CT molecular complexity index is 422. The van der Waals surface area contributed by atoms with E-state index in [0.717, 1.165) is 19.3 Å². The zero-order chi connectivity index (χ0) is 11.8. The lowest BCUT2D eigenvalue weighted by molar-refractivity contribution is -0.0848. The summed E-state index contributed by atoms with van der Waals surface area (Å²) in [6.07, 6.45) is 2.77. The molecule has 0 saturated heterocycles. The van der Waals surface area contributed by atoms with Crippen molar-refractivity contribution in [3.8, 4) is 0 Å². The van der Waals surface area contributed by atoms with Crippen LogP contribution in [0.15, 0.2) is 6.07 Å². The summed E-state index contributed by atoms with van der Waals surface area (Å²) in [5, 5.41) is 8.93. The minimum atomic E-state index is -1.03. The number of hydrogen-bond donors (Lipinski definition) is 1. The maximum Gasteiger partial charge on any atom is 0.354 e. The second-order valence-corrected chi connectivity index (χ2v) is 4.08. The molecule has 0 aromatic carbocycles. The Morgan fingerprint density at radius 3 is 2.62 bits per heavy atom. The minimum absolute atomic E-state index is 0.0332.